The van der Waals surface area contributed by atoms with Crippen molar-refractivity contribution in [2.45, 2.75) is 32.6 Å². The summed E-state index contributed by atoms with van der Waals surface area (Å²) in [5.41, 5.74) is 0.281. The van der Waals surface area contributed by atoms with E-state index in [1.807, 2.05) is 0 Å². The number of amides is 4. The standard InChI is InChI=1S/C21H38N4O14P2/c1-17(2)19(27)36-13-4-9-23-21(29)25-11-6-15-38-41(33,34)39-16-7-18(26)35-12-3-8-22-20(28)24-10-5-14-37-40(30,31)32/h7,16H,1,3-6,8-15H2,2H3,(H,33,34)(H2,22,24,28)(H2,23,25,29)(H2,30,31,32). The average Bonchev–Trinajstić information content (AvgIpc) is 2.86. The van der Waals surface area contributed by atoms with Gasteiger partial charge in [0.1, 0.15) is 6.26 Å². The fourth-order valence-electron chi connectivity index (χ4n) is 2.29. The van der Waals surface area contributed by atoms with Gasteiger partial charge in [-0.2, -0.15) is 0 Å². The molecule has 236 valence electrons. The van der Waals surface area contributed by atoms with Crippen molar-refractivity contribution in [2.24, 2.45) is 0 Å². The lowest BCUT2D eigenvalue weighted by molar-refractivity contribution is -0.139. The van der Waals surface area contributed by atoms with Crippen LogP contribution in [0.5, 0.6) is 0 Å². The third kappa shape index (κ3) is 25.7. The highest BCUT2D eigenvalue weighted by Gasteiger charge is 2.20. The van der Waals surface area contributed by atoms with Gasteiger partial charge in [-0.1, -0.05) is 6.58 Å². The van der Waals surface area contributed by atoms with Gasteiger partial charge in [0.25, 0.3) is 0 Å². The Kier molecular flexibility index (Phi) is 20.1. The first-order valence-corrected chi connectivity index (χ1v) is 15.3. The quantitative estimate of drug-likeness (QED) is 0.0283. The molecule has 41 heavy (non-hydrogen) atoms. The van der Waals surface area contributed by atoms with Crippen molar-refractivity contribution >= 4 is 39.6 Å². The molecule has 0 aliphatic rings. The molecule has 20 heteroatoms. The number of rotatable bonds is 22. The molecular formula is C21H38N4O14P2. The summed E-state index contributed by atoms with van der Waals surface area (Å²) >= 11 is 0. The van der Waals surface area contributed by atoms with E-state index >= 15 is 0 Å². The number of ether oxygens (including phenoxy) is 2. The highest BCUT2D eigenvalue weighted by molar-refractivity contribution is 7.47. The summed E-state index contributed by atoms with van der Waals surface area (Å²) in [6, 6.07) is -1.02. The Morgan fingerprint density at radius 2 is 1.17 bits per heavy atom. The number of phosphoric ester groups is 2. The molecule has 0 aliphatic heterocycles. The van der Waals surface area contributed by atoms with Crippen molar-refractivity contribution in [3.05, 3.63) is 24.5 Å². The van der Waals surface area contributed by atoms with Gasteiger partial charge in [-0.15, -0.1) is 0 Å². The van der Waals surface area contributed by atoms with Crippen molar-refractivity contribution in [3.63, 3.8) is 0 Å². The van der Waals surface area contributed by atoms with Crippen molar-refractivity contribution in [2.75, 3.05) is 52.6 Å². The van der Waals surface area contributed by atoms with Gasteiger partial charge in [-0.25, -0.2) is 28.3 Å². The Labute approximate surface area is 237 Å². The minimum Gasteiger partial charge on any atom is -0.462 e. The lowest BCUT2D eigenvalue weighted by atomic mass is 10.3. The van der Waals surface area contributed by atoms with Gasteiger partial charge in [0.05, 0.1) is 32.5 Å². The van der Waals surface area contributed by atoms with Crippen LogP contribution >= 0.6 is 15.6 Å². The monoisotopic (exact) mass is 632 g/mol. The Morgan fingerprint density at radius 3 is 1.63 bits per heavy atom. The second-order valence-corrected chi connectivity index (χ2v) is 10.5. The number of nitrogens with one attached hydrogen (secondary N) is 4. The molecule has 7 N–H and O–H groups in total. The summed E-state index contributed by atoms with van der Waals surface area (Å²) in [4.78, 5) is 72.5. The van der Waals surface area contributed by atoms with Gasteiger partial charge in [0.15, 0.2) is 0 Å². The van der Waals surface area contributed by atoms with Crippen LogP contribution in [0.4, 0.5) is 9.59 Å². The van der Waals surface area contributed by atoms with E-state index in [2.05, 4.69) is 36.9 Å². The summed E-state index contributed by atoms with van der Waals surface area (Å²) in [6.45, 7) is 5.23. The molecule has 1 unspecified atom stereocenters. The predicted octanol–water partition coefficient (Wildman–Crippen LogP) is 0.564. The van der Waals surface area contributed by atoms with Crippen LogP contribution in [0.2, 0.25) is 0 Å². The van der Waals surface area contributed by atoms with Gasteiger partial charge >= 0.3 is 39.6 Å². The molecule has 18 nitrogen and oxygen atoms in total. The minimum atomic E-state index is -4.54. The van der Waals surface area contributed by atoms with E-state index in [1.165, 1.54) is 6.92 Å². The summed E-state index contributed by atoms with van der Waals surface area (Å²) in [5.74, 6) is -1.38. The lowest BCUT2D eigenvalue weighted by Gasteiger charge is -2.11. The Hall–Kier alpha value is -2.98. The van der Waals surface area contributed by atoms with E-state index in [9.17, 15) is 33.2 Å². The molecule has 1 atom stereocenters. The number of hydrogen-bond acceptors (Lipinski definition) is 11. The molecule has 0 heterocycles. The number of urea groups is 2. The van der Waals surface area contributed by atoms with E-state index < -0.39 is 39.6 Å². The molecule has 0 aromatic rings. The zero-order chi connectivity index (χ0) is 31.2. The van der Waals surface area contributed by atoms with E-state index in [4.69, 9.17) is 23.8 Å². The minimum absolute atomic E-state index is 0.0735. The molecule has 0 spiro atoms. The normalized spacial score (nSPS) is 12.6. The van der Waals surface area contributed by atoms with Crippen molar-refractivity contribution < 1.29 is 66.0 Å². The van der Waals surface area contributed by atoms with Crippen LogP contribution in [0.3, 0.4) is 0 Å². The fourth-order valence-corrected chi connectivity index (χ4v) is 3.29. The number of carbonyl (C=O) groups is 4. The average molecular weight is 632 g/mol. The van der Waals surface area contributed by atoms with Gasteiger partial charge < -0.3 is 45.1 Å². The molecule has 0 radical (unpaired) electrons. The highest BCUT2D eigenvalue weighted by Crippen LogP contribution is 2.43. The first-order chi connectivity index (χ1) is 19.2. The molecule has 0 aliphatic carbocycles. The van der Waals surface area contributed by atoms with Crippen LogP contribution < -0.4 is 21.3 Å². The van der Waals surface area contributed by atoms with Crippen molar-refractivity contribution in [1.82, 2.24) is 21.3 Å². The van der Waals surface area contributed by atoms with Crippen LogP contribution in [0.15, 0.2) is 24.5 Å². The third-order valence-corrected chi connectivity index (χ3v) is 5.58. The Balaban J connectivity index is 3.79. The van der Waals surface area contributed by atoms with Crippen LogP contribution in [-0.2, 0) is 41.8 Å². The Bertz CT molecular complexity index is 972. The largest absolute Gasteiger partial charge is 0.526 e. The van der Waals surface area contributed by atoms with Gasteiger partial charge in [0.2, 0.25) is 0 Å². The molecule has 0 bridgehead atoms. The van der Waals surface area contributed by atoms with Crippen LogP contribution in [0.25, 0.3) is 0 Å². The fraction of sp³-hybridized carbons (Fsp3) is 0.619. The summed E-state index contributed by atoms with van der Waals surface area (Å²) in [6.07, 6.45) is 2.44. The molecule has 0 aromatic heterocycles. The molecule has 0 saturated heterocycles. The zero-order valence-electron chi connectivity index (χ0n) is 22.6. The summed E-state index contributed by atoms with van der Waals surface area (Å²) in [7, 11) is -9.03. The SMILES string of the molecule is C=C(C)C(=O)OCCCNC(=O)NCCCOP(=O)(O)OC=CC(=O)OCCCNC(=O)NCCCOP(=O)(O)O. The molecule has 0 saturated carbocycles. The molecule has 0 fully saturated rings. The first-order valence-electron chi connectivity index (χ1n) is 12.3. The molecular weight excluding hydrogens is 594 g/mol. The number of esters is 2. The van der Waals surface area contributed by atoms with Crippen molar-refractivity contribution in [1.29, 1.82) is 0 Å². The van der Waals surface area contributed by atoms with Crippen LogP contribution in [0.1, 0.15) is 32.6 Å². The first kappa shape index (κ1) is 38.0. The molecule has 0 aromatic carbocycles. The second-order valence-electron chi connectivity index (χ2n) is 7.90. The molecule has 0 rings (SSSR count). The lowest BCUT2D eigenvalue weighted by Crippen LogP contribution is -2.37. The van der Waals surface area contributed by atoms with Crippen molar-refractivity contribution in [3.8, 4) is 0 Å². The predicted molar refractivity (Wildman–Crippen MR) is 142 cm³/mol. The number of phosphoric acid groups is 2. The number of carbonyl (C=O) groups excluding carboxylic acids is 4. The van der Waals surface area contributed by atoms with E-state index in [0.29, 0.717) is 12.7 Å². The second kappa shape index (κ2) is 21.7. The topological polar surface area (TPSA) is 257 Å². The van der Waals surface area contributed by atoms with E-state index in [-0.39, 0.29) is 77.4 Å². The highest BCUT2D eigenvalue weighted by atomic mass is 31.2. The van der Waals surface area contributed by atoms with Crippen LogP contribution in [-0.4, -0.2) is 91.3 Å². The van der Waals surface area contributed by atoms with Crippen LogP contribution in [0, 0.1) is 0 Å². The van der Waals surface area contributed by atoms with E-state index in [1.54, 1.807) is 0 Å². The summed E-state index contributed by atoms with van der Waals surface area (Å²) in [5, 5.41) is 9.95. The van der Waals surface area contributed by atoms with E-state index in [0.717, 1.165) is 6.08 Å². The van der Waals surface area contributed by atoms with Gasteiger partial charge in [0, 0.05) is 31.8 Å². The third-order valence-electron chi connectivity index (χ3n) is 4.16. The van der Waals surface area contributed by atoms with Gasteiger partial charge in [-0.3, -0.25) is 13.9 Å². The van der Waals surface area contributed by atoms with Gasteiger partial charge in [-0.05, 0) is 32.6 Å². The molecule has 4 amide bonds. The maximum atomic E-state index is 11.8. The summed E-state index contributed by atoms with van der Waals surface area (Å²) < 4.78 is 45.4. The number of hydrogen-bond donors (Lipinski definition) is 7. The Morgan fingerprint density at radius 1 is 0.732 bits per heavy atom. The smallest absolute Gasteiger partial charge is 0.462 e. The zero-order valence-corrected chi connectivity index (χ0v) is 24.4. The maximum absolute atomic E-state index is 11.8. The maximum Gasteiger partial charge on any atom is 0.526 e.